The molecule has 1 atom stereocenters. The van der Waals surface area contributed by atoms with E-state index in [1.54, 1.807) is 4.90 Å². The topological polar surface area (TPSA) is 88.5 Å². The van der Waals surface area contributed by atoms with Crippen molar-refractivity contribution >= 4 is 24.2 Å². The number of hydrogen-bond acceptors (Lipinski definition) is 5. The fraction of sp³-hybridized carbons (Fsp3) is 0.400. The summed E-state index contributed by atoms with van der Waals surface area (Å²) in [7, 11) is 0. The highest BCUT2D eigenvalue weighted by molar-refractivity contribution is 6.31. The maximum atomic E-state index is 11.1. The molecule has 3 aromatic rings. The first-order chi connectivity index (χ1) is 21.1. The van der Waals surface area contributed by atoms with Crippen molar-refractivity contribution in [1.82, 2.24) is 19.8 Å². The minimum atomic E-state index is 0.231. The van der Waals surface area contributed by atoms with Gasteiger partial charge >= 0.3 is 0 Å². The molecule has 1 aliphatic carbocycles. The SMILES string of the molecule is Cc1cn(CCCN(C=O)Cc2ccccc2)cn1.NCCNCCCC1C2=C(C#CCC=N2)CCc2cccc(Cl)c21. The molecule has 226 valence electrons. The molecule has 3 N–H and O–H groups in total. The Hall–Kier alpha value is -3.70. The van der Waals surface area contributed by atoms with Crippen LogP contribution in [0.1, 0.15) is 60.4 Å². The van der Waals surface area contributed by atoms with Crippen LogP contribution in [0.2, 0.25) is 5.02 Å². The van der Waals surface area contributed by atoms with Crippen LogP contribution in [-0.4, -0.2) is 53.3 Å². The summed E-state index contributed by atoms with van der Waals surface area (Å²) in [4.78, 5) is 21.8. The Kier molecular flexibility index (Phi) is 13.1. The summed E-state index contributed by atoms with van der Waals surface area (Å²) in [6.45, 7) is 6.80. The smallest absolute Gasteiger partial charge is 0.210 e. The van der Waals surface area contributed by atoms with Crippen molar-refractivity contribution in [3.05, 3.63) is 99.7 Å². The van der Waals surface area contributed by atoms with Gasteiger partial charge in [-0.05, 0) is 68.3 Å². The molecule has 2 heterocycles. The number of imidazole rings is 1. The first-order valence-corrected chi connectivity index (χ1v) is 15.6. The van der Waals surface area contributed by atoms with E-state index in [9.17, 15) is 4.79 Å². The van der Waals surface area contributed by atoms with E-state index in [0.717, 1.165) is 93.1 Å². The third-order valence-electron chi connectivity index (χ3n) is 7.61. The average Bonchev–Trinajstić information content (AvgIpc) is 3.21. The summed E-state index contributed by atoms with van der Waals surface area (Å²) in [5.41, 5.74) is 12.6. The third-order valence-corrected chi connectivity index (χ3v) is 7.94. The predicted molar refractivity (Wildman–Crippen MR) is 176 cm³/mol. The van der Waals surface area contributed by atoms with E-state index in [2.05, 4.69) is 32.8 Å². The monoisotopic (exact) mass is 598 g/mol. The Morgan fingerprint density at radius 2 is 2.00 bits per heavy atom. The van der Waals surface area contributed by atoms with Crippen LogP contribution in [-0.2, 0) is 24.3 Å². The van der Waals surface area contributed by atoms with E-state index in [1.807, 2.05) is 68.1 Å². The van der Waals surface area contributed by atoms with Crippen molar-refractivity contribution in [3.8, 4) is 11.8 Å². The number of fused-ring (bicyclic) bond motifs is 1. The van der Waals surface area contributed by atoms with Crippen molar-refractivity contribution < 1.29 is 4.79 Å². The van der Waals surface area contributed by atoms with Crippen LogP contribution in [0, 0.1) is 18.8 Å². The molecule has 0 bridgehead atoms. The molecule has 0 radical (unpaired) electrons. The highest BCUT2D eigenvalue weighted by Crippen LogP contribution is 2.42. The molecule has 5 rings (SSSR count). The van der Waals surface area contributed by atoms with Crippen molar-refractivity contribution in [3.63, 3.8) is 0 Å². The number of benzene rings is 2. The molecular formula is C35H43ClN6O. The fourth-order valence-electron chi connectivity index (χ4n) is 5.54. The fourth-order valence-corrected chi connectivity index (χ4v) is 5.87. The predicted octanol–water partition coefficient (Wildman–Crippen LogP) is 5.67. The molecular weight excluding hydrogens is 556 g/mol. The van der Waals surface area contributed by atoms with E-state index in [-0.39, 0.29) is 5.92 Å². The van der Waals surface area contributed by atoms with Gasteiger partial charge in [-0.15, -0.1) is 0 Å². The van der Waals surface area contributed by atoms with Crippen molar-refractivity contribution in [1.29, 1.82) is 0 Å². The lowest BCUT2D eigenvalue weighted by atomic mass is 9.88. The molecule has 1 aliphatic heterocycles. The number of carbonyl (C=O) groups is 1. The van der Waals surface area contributed by atoms with E-state index in [4.69, 9.17) is 22.3 Å². The number of aryl methyl sites for hydroxylation is 3. The number of allylic oxidation sites excluding steroid dienone is 2. The minimum absolute atomic E-state index is 0.231. The van der Waals surface area contributed by atoms with Crippen LogP contribution in [0.4, 0.5) is 0 Å². The number of aliphatic imine (C=N–C) groups is 1. The third kappa shape index (κ3) is 9.93. The van der Waals surface area contributed by atoms with E-state index >= 15 is 0 Å². The van der Waals surface area contributed by atoms with Crippen LogP contribution in [0.5, 0.6) is 0 Å². The van der Waals surface area contributed by atoms with Gasteiger partial charge in [0.05, 0.1) is 17.7 Å². The molecule has 2 aromatic carbocycles. The largest absolute Gasteiger partial charge is 0.341 e. The van der Waals surface area contributed by atoms with Gasteiger partial charge in [0.1, 0.15) is 0 Å². The summed E-state index contributed by atoms with van der Waals surface area (Å²) in [5, 5.41) is 4.23. The molecule has 0 saturated carbocycles. The van der Waals surface area contributed by atoms with Gasteiger partial charge in [-0.2, -0.15) is 0 Å². The lowest BCUT2D eigenvalue weighted by molar-refractivity contribution is -0.118. The van der Waals surface area contributed by atoms with Crippen LogP contribution < -0.4 is 11.1 Å². The number of nitrogens with two attached hydrogens (primary N) is 1. The Labute approximate surface area is 261 Å². The average molecular weight is 599 g/mol. The molecule has 0 spiro atoms. The zero-order chi connectivity index (χ0) is 30.3. The molecule has 1 aromatic heterocycles. The number of nitrogens with one attached hydrogen (secondary N) is 1. The second-order valence-corrected chi connectivity index (χ2v) is 11.3. The van der Waals surface area contributed by atoms with E-state index in [1.165, 1.54) is 16.7 Å². The van der Waals surface area contributed by atoms with Crippen LogP contribution in [0.3, 0.4) is 0 Å². The Balaban J connectivity index is 0.000000203. The quantitative estimate of drug-likeness (QED) is 0.151. The Morgan fingerprint density at radius 3 is 2.77 bits per heavy atom. The number of amides is 1. The van der Waals surface area contributed by atoms with Gasteiger partial charge < -0.3 is 20.5 Å². The maximum Gasteiger partial charge on any atom is 0.210 e. The van der Waals surface area contributed by atoms with Crippen molar-refractivity contribution in [2.45, 2.75) is 64.5 Å². The Bertz CT molecular complexity index is 1440. The highest BCUT2D eigenvalue weighted by Gasteiger charge is 2.27. The second kappa shape index (κ2) is 17.4. The first kappa shape index (κ1) is 32.2. The summed E-state index contributed by atoms with van der Waals surface area (Å²) < 4.78 is 2.06. The maximum absolute atomic E-state index is 11.1. The minimum Gasteiger partial charge on any atom is -0.341 e. The van der Waals surface area contributed by atoms with Crippen LogP contribution in [0.25, 0.3) is 0 Å². The van der Waals surface area contributed by atoms with Crippen LogP contribution in [0.15, 0.2) is 77.3 Å². The molecule has 0 saturated heterocycles. The zero-order valence-corrected chi connectivity index (χ0v) is 25.9. The molecule has 1 amide bonds. The summed E-state index contributed by atoms with van der Waals surface area (Å²) >= 11 is 6.60. The number of nitrogens with zero attached hydrogens (tertiary/aromatic N) is 4. The summed E-state index contributed by atoms with van der Waals surface area (Å²) in [6.07, 6.45) is 12.4. The van der Waals surface area contributed by atoms with Gasteiger partial charge in [0.15, 0.2) is 0 Å². The molecule has 2 aliphatic rings. The summed E-state index contributed by atoms with van der Waals surface area (Å²) in [6, 6.07) is 16.3. The van der Waals surface area contributed by atoms with Gasteiger partial charge in [0, 0.05) is 68.1 Å². The number of rotatable bonds is 13. The molecule has 8 heteroatoms. The lowest BCUT2D eigenvalue weighted by Gasteiger charge is -2.21. The van der Waals surface area contributed by atoms with Crippen molar-refractivity contribution in [2.75, 3.05) is 26.2 Å². The molecule has 43 heavy (non-hydrogen) atoms. The first-order valence-electron chi connectivity index (χ1n) is 15.2. The Morgan fingerprint density at radius 1 is 1.14 bits per heavy atom. The standard InChI is InChI=1S/C20H24ClN3.C15H19N3O/c21-18-8-3-6-15-9-10-16-5-1-2-13-24-20(16)17(19(15)18)7-4-12-23-14-11-22;1-14-10-17(12-16-14)8-5-9-18(13-19)11-15-6-3-2-4-7-15/h3,6,8,13,17,23H,2,4,7,9-12,14,22H2;2-4,6-7,10,12-13H,5,8-9,11H2,1H3. The van der Waals surface area contributed by atoms with Gasteiger partial charge in [-0.25, -0.2) is 4.98 Å². The normalized spacial score (nSPS) is 15.2. The highest BCUT2D eigenvalue weighted by atomic mass is 35.5. The number of halogens is 1. The number of carbonyl (C=O) groups excluding carboxylic acids is 1. The summed E-state index contributed by atoms with van der Waals surface area (Å²) in [5.74, 6) is 6.78. The van der Waals surface area contributed by atoms with E-state index < -0.39 is 0 Å². The van der Waals surface area contributed by atoms with Crippen LogP contribution >= 0.6 is 11.6 Å². The van der Waals surface area contributed by atoms with Gasteiger partial charge in [0.2, 0.25) is 6.41 Å². The zero-order valence-electron chi connectivity index (χ0n) is 25.1. The van der Waals surface area contributed by atoms with Gasteiger partial charge in [-0.1, -0.05) is 65.9 Å². The molecule has 7 nitrogen and oxygen atoms in total. The number of aromatic nitrogens is 2. The second-order valence-electron chi connectivity index (χ2n) is 10.9. The number of hydrogen-bond donors (Lipinski definition) is 2. The molecule has 0 fully saturated rings. The molecule has 1 unspecified atom stereocenters. The van der Waals surface area contributed by atoms with Crippen molar-refractivity contribution in [2.24, 2.45) is 10.7 Å². The lowest BCUT2D eigenvalue weighted by Crippen LogP contribution is -2.23. The van der Waals surface area contributed by atoms with E-state index in [0.29, 0.717) is 13.1 Å². The van der Waals surface area contributed by atoms with Gasteiger partial charge in [-0.3, -0.25) is 9.79 Å². The van der Waals surface area contributed by atoms with Gasteiger partial charge in [0.25, 0.3) is 0 Å².